The van der Waals surface area contributed by atoms with Gasteiger partial charge in [0.15, 0.2) is 6.61 Å². The standard InChI is InChI=1S/C21H24N2O4S/c1-2-13-22-21(26)23-18(24)14-27-19(25)15-28-20(16-9-5-3-6-10-16)17-11-7-4-8-12-17/h3-12,20H,2,13-15H2,1H3,(H2,22,23,24,26). The molecular weight excluding hydrogens is 376 g/mol. The first kappa shape index (κ1) is 21.5. The Kier molecular flexibility index (Phi) is 9.07. The summed E-state index contributed by atoms with van der Waals surface area (Å²) in [5.74, 6) is -1.08. The van der Waals surface area contributed by atoms with Crippen molar-refractivity contribution in [2.24, 2.45) is 0 Å². The van der Waals surface area contributed by atoms with Gasteiger partial charge >= 0.3 is 12.0 Å². The lowest BCUT2D eigenvalue weighted by atomic mass is 10.0. The number of thioether (sulfide) groups is 1. The third kappa shape index (κ3) is 7.44. The predicted octanol–water partition coefficient (Wildman–Crippen LogP) is 3.29. The number of esters is 1. The second-order valence-corrected chi connectivity index (χ2v) is 7.07. The molecule has 0 spiro atoms. The first-order valence-corrected chi connectivity index (χ1v) is 10.1. The van der Waals surface area contributed by atoms with E-state index in [2.05, 4.69) is 10.6 Å². The molecule has 0 atom stereocenters. The Morgan fingerprint density at radius 2 is 1.54 bits per heavy atom. The monoisotopic (exact) mass is 400 g/mol. The molecule has 0 heterocycles. The third-order valence-corrected chi connectivity index (χ3v) is 5.01. The molecule has 0 saturated heterocycles. The van der Waals surface area contributed by atoms with Crippen molar-refractivity contribution in [2.45, 2.75) is 18.6 Å². The topological polar surface area (TPSA) is 84.5 Å². The van der Waals surface area contributed by atoms with Crippen LogP contribution in [-0.2, 0) is 14.3 Å². The van der Waals surface area contributed by atoms with E-state index in [1.54, 1.807) is 0 Å². The summed E-state index contributed by atoms with van der Waals surface area (Å²) in [5, 5.41) is 4.60. The molecule has 6 nitrogen and oxygen atoms in total. The average Bonchev–Trinajstić information content (AvgIpc) is 2.72. The Labute approximate surface area is 169 Å². The van der Waals surface area contributed by atoms with Crippen LogP contribution in [0.3, 0.4) is 0 Å². The van der Waals surface area contributed by atoms with Crippen molar-refractivity contribution in [3.05, 3.63) is 71.8 Å². The number of ether oxygens (including phenoxy) is 1. The molecule has 0 fully saturated rings. The SMILES string of the molecule is CCCNC(=O)NC(=O)COC(=O)CSC(c1ccccc1)c1ccccc1. The van der Waals surface area contributed by atoms with Gasteiger partial charge in [0.2, 0.25) is 0 Å². The molecule has 0 aliphatic rings. The largest absolute Gasteiger partial charge is 0.455 e. The second kappa shape index (κ2) is 11.8. The van der Waals surface area contributed by atoms with E-state index in [1.807, 2.05) is 67.6 Å². The molecule has 2 rings (SSSR count). The van der Waals surface area contributed by atoms with Crippen molar-refractivity contribution < 1.29 is 19.1 Å². The van der Waals surface area contributed by atoms with Crippen LogP contribution in [0.2, 0.25) is 0 Å². The zero-order valence-corrected chi connectivity index (χ0v) is 16.5. The summed E-state index contributed by atoms with van der Waals surface area (Å²) in [4.78, 5) is 35.1. The minimum absolute atomic E-state index is 0.0244. The quantitative estimate of drug-likeness (QED) is 0.631. The van der Waals surface area contributed by atoms with Crippen molar-refractivity contribution in [3.8, 4) is 0 Å². The average molecular weight is 401 g/mol. The molecule has 3 amide bonds. The van der Waals surface area contributed by atoms with E-state index >= 15 is 0 Å². The van der Waals surface area contributed by atoms with Crippen LogP contribution < -0.4 is 10.6 Å². The minimum Gasteiger partial charge on any atom is -0.455 e. The number of urea groups is 1. The maximum absolute atomic E-state index is 12.0. The fourth-order valence-corrected chi connectivity index (χ4v) is 3.51. The van der Waals surface area contributed by atoms with Crippen LogP contribution >= 0.6 is 11.8 Å². The van der Waals surface area contributed by atoms with E-state index in [4.69, 9.17) is 4.74 Å². The molecule has 148 valence electrons. The lowest BCUT2D eigenvalue weighted by Gasteiger charge is -2.17. The Morgan fingerprint density at radius 3 is 2.07 bits per heavy atom. The van der Waals surface area contributed by atoms with E-state index in [0.29, 0.717) is 6.54 Å². The van der Waals surface area contributed by atoms with Crippen LogP contribution in [0.4, 0.5) is 4.79 Å². The fourth-order valence-electron chi connectivity index (χ4n) is 2.43. The Bertz CT molecular complexity index is 729. The highest BCUT2D eigenvalue weighted by molar-refractivity contribution is 8.00. The van der Waals surface area contributed by atoms with E-state index in [9.17, 15) is 14.4 Å². The number of hydrogen-bond donors (Lipinski definition) is 2. The molecule has 0 bridgehead atoms. The Balaban J connectivity index is 1.85. The van der Waals surface area contributed by atoms with Crippen molar-refractivity contribution in [2.75, 3.05) is 18.9 Å². The summed E-state index contributed by atoms with van der Waals surface area (Å²) in [5.41, 5.74) is 2.16. The molecule has 2 N–H and O–H groups in total. The Morgan fingerprint density at radius 1 is 0.964 bits per heavy atom. The summed E-state index contributed by atoms with van der Waals surface area (Å²) in [6.07, 6.45) is 0.762. The van der Waals surface area contributed by atoms with Crippen molar-refractivity contribution in [1.29, 1.82) is 0 Å². The van der Waals surface area contributed by atoms with Crippen LogP contribution in [-0.4, -0.2) is 36.8 Å². The smallest absolute Gasteiger partial charge is 0.321 e. The first-order valence-electron chi connectivity index (χ1n) is 9.05. The molecule has 2 aromatic carbocycles. The van der Waals surface area contributed by atoms with Gasteiger partial charge in [0, 0.05) is 6.54 Å². The minimum atomic E-state index is -0.658. The number of carbonyl (C=O) groups excluding carboxylic acids is 3. The highest BCUT2D eigenvalue weighted by Crippen LogP contribution is 2.35. The van der Waals surface area contributed by atoms with E-state index in [-0.39, 0.29) is 11.0 Å². The van der Waals surface area contributed by atoms with Gasteiger partial charge in [0.05, 0.1) is 11.0 Å². The highest BCUT2D eigenvalue weighted by atomic mass is 32.2. The van der Waals surface area contributed by atoms with Gasteiger partial charge in [0.25, 0.3) is 5.91 Å². The summed E-state index contributed by atoms with van der Waals surface area (Å²) in [6, 6.07) is 19.2. The number of amides is 3. The van der Waals surface area contributed by atoms with Crippen LogP contribution in [0.5, 0.6) is 0 Å². The number of nitrogens with one attached hydrogen (secondary N) is 2. The van der Waals surface area contributed by atoms with Crippen molar-refractivity contribution in [1.82, 2.24) is 10.6 Å². The summed E-state index contributed by atoms with van der Waals surface area (Å²) in [6.45, 7) is 1.88. The van der Waals surface area contributed by atoms with E-state index in [1.165, 1.54) is 11.8 Å². The van der Waals surface area contributed by atoms with Crippen molar-refractivity contribution >= 4 is 29.7 Å². The van der Waals surface area contributed by atoms with Gasteiger partial charge in [-0.15, -0.1) is 11.8 Å². The molecule has 0 aliphatic heterocycles. The molecule has 0 radical (unpaired) electrons. The van der Waals surface area contributed by atoms with E-state index in [0.717, 1.165) is 17.5 Å². The number of rotatable bonds is 9. The molecule has 0 unspecified atom stereocenters. The summed E-state index contributed by atoms with van der Waals surface area (Å²) >= 11 is 1.43. The van der Waals surface area contributed by atoms with Gasteiger partial charge in [0.1, 0.15) is 0 Å². The van der Waals surface area contributed by atoms with Crippen LogP contribution in [0, 0.1) is 0 Å². The lowest BCUT2D eigenvalue weighted by Crippen LogP contribution is -2.41. The fraction of sp³-hybridized carbons (Fsp3) is 0.286. The zero-order chi connectivity index (χ0) is 20.2. The lowest BCUT2D eigenvalue weighted by molar-refractivity contribution is -0.145. The normalized spacial score (nSPS) is 10.4. The number of carbonyl (C=O) groups is 3. The summed E-state index contributed by atoms with van der Waals surface area (Å²) in [7, 11) is 0. The summed E-state index contributed by atoms with van der Waals surface area (Å²) < 4.78 is 4.98. The molecular formula is C21H24N2O4S. The zero-order valence-electron chi connectivity index (χ0n) is 15.7. The maximum Gasteiger partial charge on any atom is 0.321 e. The Hall–Kier alpha value is -2.80. The molecule has 28 heavy (non-hydrogen) atoms. The second-order valence-electron chi connectivity index (χ2n) is 5.98. The van der Waals surface area contributed by atoms with E-state index < -0.39 is 24.5 Å². The van der Waals surface area contributed by atoms with Crippen LogP contribution in [0.15, 0.2) is 60.7 Å². The van der Waals surface area contributed by atoms with Gasteiger partial charge in [-0.05, 0) is 17.5 Å². The highest BCUT2D eigenvalue weighted by Gasteiger charge is 2.17. The van der Waals surface area contributed by atoms with Gasteiger partial charge < -0.3 is 10.1 Å². The molecule has 7 heteroatoms. The van der Waals surface area contributed by atoms with Crippen molar-refractivity contribution in [3.63, 3.8) is 0 Å². The number of benzene rings is 2. The number of hydrogen-bond acceptors (Lipinski definition) is 5. The third-order valence-electron chi connectivity index (χ3n) is 3.73. The van der Waals surface area contributed by atoms with Gasteiger partial charge in [-0.25, -0.2) is 4.79 Å². The van der Waals surface area contributed by atoms with Gasteiger partial charge in [-0.3, -0.25) is 14.9 Å². The van der Waals surface area contributed by atoms with Gasteiger partial charge in [-0.1, -0.05) is 67.6 Å². The predicted molar refractivity (Wildman–Crippen MR) is 110 cm³/mol. The van der Waals surface area contributed by atoms with Gasteiger partial charge in [-0.2, -0.15) is 0 Å². The maximum atomic E-state index is 12.0. The number of imide groups is 1. The molecule has 0 aromatic heterocycles. The first-order chi connectivity index (χ1) is 13.6. The van der Waals surface area contributed by atoms with Crippen LogP contribution in [0.1, 0.15) is 29.7 Å². The molecule has 2 aromatic rings. The van der Waals surface area contributed by atoms with Crippen LogP contribution in [0.25, 0.3) is 0 Å². The molecule has 0 saturated carbocycles. The molecule has 0 aliphatic carbocycles.